The van der Waals surface area contributed by atoms with E-state index in [9.17, 15) is 4.79 Å². The Hall–Kier alpha value is -1.45. The first kappa shape index (κ1) is 5.68. The Morgan fingerprint density at radius 2 is 2.56 bits per heavy atom. The molecule has 0 unspecified atom stereocenters. The third-order valence-electron chi connectivity index (χ3n) is 0.761. The molecule has 0 aromatic carbocycles. The van der Waals surface area contributed by atoms with Gasteiger partial charge in [-0.2, -0.15) is 0 Å². The average Bonchev–Trinajstić information content (AvgIpc) is 1.91. The van der Waals surface area contributed by atoms with Crippen LogP contribution in [-0.4, -0.2) is 16.4 Å². The Balaban J connectivity index is 2.72. The zero-order valence-electron chi connectivity index (χ0n) is 4.53. The maximum Gasteiger partial charge on any atom is 0.315 e. The molecule has 1 heterocycles. The Labute approximate surface area is 51.9 Å². The van der Waals surface area contributed by atoms with E-state index in [1.807, 2.05) is 0 Å². The van der Waals surface area contributed by atoms with Crippen molar-refractivity contribution in [2.45, 2.75) is 0 Å². The van der Waals surface area contributed by atoms with E-state index in [-0.39, 0.29) is 0 Å². The number of nitrogens with one attached hydrogen (secondary N) is 1. The first-order valence-electron chi connectivity index (χ1n) is 2.32. The van der Waals surface area contributed by atoms with Crippen LogP contribution in [0.15, 0.2) is 18.6 Å². The number of rotatable bonds is 2. The standard InChI is InChI=1S/C5H4N3O/c9-4-8-5-1-2-6-3-7-5/h1-3H,(H,6,7,8,9). The summed E-state index contributed by atoms with van der Waals surface area (Å²) in [6.07, 6.45) is 4.38. The number of carbonyl (C=O) groups excluding carboxylic acids is 1. The lowest BCUT2D eigenvalue weighted by molar-refractivity contribution is 0.561. The summed E-state index contributed by atoms with van der Waals surface area (Å²) in [7, 11) is 0. The second kappa shape index (κ2) is 2.76. The van der Waals surface area contributed by atoms with Gasteiger partial charge in [0, 0.05) is 6.20 Å². The van der Waals surface area contributed by atoms with E-state index < -0.39 is 0 Å². The van der Waals surface area contributed by atoms with Gasteiger partial charge >= 0.3 is 6.41 Å². The third-order valence-corrected chi connectivity index (χ3v) is 0.761. The normalized spacial score (nSPS) is 8.44. The molecule has 1 N–H and O–H groups in total. The van der Waals surface area contributed by atoms with E-state index in [1.54, 1.807) is 6.07 Å². The van der Waals surface area contributed by atoms with E-state index in [0.717, 1.165) is 0 Å². The van der Waals surface area contributed by atoms with Crippen LogP contribution in [0, 0.1) is 0 Å². The summed E-state index contributed by atoms with van der Waals surface area (Å²) in [5.74, 6) is 0.458. The van der Waals surface area contributed by atoms with Gasteiger partial charge in [0.25, 0.3) is 0 Å². The summed E-state index contributed by atoms with van der Waals surface area (Å²) in [6, 6.07) is 1.57. The highest BCUT2D eigenvalue weighted by molar-refractivity contribution is 5.68. The van der Waals surface area contributed by atoms with Crippen LogP contribution in [-0.2, 0) is 4.79 Å². The minimum absolute atomic E-state index is 0.458. The molecule has 1 radical (unpaired) electrons. The first-order chi connectivity index (χ1) is 4.43. The smallest absolute Gasteiger partial charge is 0.302 e. The van der Waals surface area contributed by atoms with Gasteiger partial charge in [0.1, 0.15) is 12.1 Å². The quantitative estimate of drug-likeness (QED) is 0.560. The molecule has 1 amide bonds. The van der Waals surface area contributed by atoms with Crippen LogP contribution in [0.5, 0.6) is 0 Å². The molecule has 0 saturated heterocycles. The first-order valence-corrected chi connectivity index (χ1v) is 2.32. The van der Waals surface area contributed by atoms with Crippen LogP contribution in [0.2, 0.25) is 0 Å². The molecule has 0 aliphatic rings. The van der Waals surface area contributed by atoms with Crippen LogP contribution in [0.25, 0.3) is 0 Å². The van der Waals surface area contributed by atoms with Crippen LogP contribution < -0.4 is 5.32 Å². The fourth-order valence-corrected chi connectivity index (χ4v) is 0.417. The predicted molar refractivity (Wildman–Crippen MR) is 31.3 cm³/mol. The number of aromatic nitrogens is 2. The molecule has 0 spiro atoms. The largest absolute Gasteiger partial charge is 0.315 e. The van der Waals surface area contributed by atoms with E-state index in [0.29, 0.717) is 5.82 Å². The fraction of sp³-hybridized carbons (Fsp3) is 0. The third kappa shape index (κ3) is 1.49. The van der Waals surface area contributed by atoms with E-state index in [2.05, 4.69) is 15.3 Å². The van der Waals surface area contributed by atoms with Crippen molar-refractivity contribution in [2.75, 3.05) is 5.32 Å². The Bertz CT molecular complexity index is 187. The molecule has 0 aliphatic heterocycles. The summed E-state index contributed by atoms with van der Waals surface area (Å²) in [5.41, 5.74) is 0. The molecule has 0 fully saturated rings. The van der Waals surface area contributed by atoms with Crippen molar-refractivity contribution in [3.63, 3.8) is 0 Å². The summed E-state index contributed by atoms with van der Waals surface area (Å²) in [6.45, 7) is 0. The van der Waals surface area contributed by atoms with Crippen molar-refractivity contribution in [1.82, 2.24) is 9.97 Å². The summed E-state index contributed by atoms with van der Waals surface area (Å²) in [4.78, 5) is 17.0. The number of amides is 1. The molecule has 1 aromatic rings. The topological polar surface area (TPSA) is 54.9 Å². The molecule has 0 saturated carbocycles. The van der Waals surface area contributed by atoms with Gasteiger partial charge in [-0.15, -0.1) is 0 Å². The van der Waals surface area contributed by atoms with Crippen LogP contribution >= 0.6 is 0 Å². The van der Waals surface area contributed by atoms with Crippen molar-refractivity contribution in [1.29, 1.82) is 0 Å². The maximum atomic E-state index is 9.68. The maximum absolute atomic E-state index is 9.68. The van der Waals surface area contributed by atoms with Gasteiger partial charge in [-0.25, -0.2) is 9.97 Å². The number of hydrogen-bond acceptors (Lipinski definition) is 3. The second-order valence-corrected chi connectivity index (χ2v) is 1.32. The van der Waals surface area contributed by atoms with Crippen molar-refractivity contribution < 1.29 is 4.79 Å². The zero-order chi connectivity index (χ0) is 6.53. The zero-order valence-corrected chi connectivity index (χ0v) is 4.53. The highest BCUT2D eigenvalue weighted by Gasteiger charge is 1.85. The van der Waals surface area contributed by atoms with E-state index >= 15 is 0 Å². The van der Waals surface area contributed by atoms with Crippen molar-refractivity contribution in [2.24, 2.45) is 0 Å². The highest BCUT2D eigenvalue weighted by Crippen LogP contribution is 1.93. The molecular weight excluding hydrogens is 118 g/mol. The molecule has 0 aliphatic carbocycles. The SMILES string of the molecule is O=[C]Nc1ccncn1. The minimum atomic E-state index is 0.458. The van der Waals surface area contributed by atoms with E-state index in [4.69, 9.17) is 0 Å². The van der Waals surface area contributed by atoms with Gasteiger partial charge in [0.15, 0.2) is 0 Å². The Morgan fingerprint density at radius 1 is 1.67 bits per heavy atom. The Morgan fingerprint density at radius 3 is 3.11 bits per heavy atom. The molecule has 1 rings (SSSR count). The summed E-state index contributed by atoms with van der Waals surface area (Å²) < 4.78 is 0. The molecule has 4 nitrogen and oxygen atoms in total. The molecule has 4 heteroatoms. The monoisotopic (exact) mass is 122 g/mol. The number of anilines is 1. The Kier molecular flexibility index (Phi) is 1.74. The molecule has 45 valence electrons. The molecular formula is C5H4N3O. The van der Waals surface area contributed by atoms with Gasteiger partial charge in [-0.1, -0.05) is 0 Å². The van der Waals surface area contributed by atoms with Crippen LogP contribution in [0.3, 0.4) is 0 Å². The van der Waals surface area contributed by atoms with E-state index in [1.165, 1.54) is 18.9 Å². The van der Waals surface area contributed by atoms with Gasteiger partial charge in [-0.05, 0) is 6.07 Å². The predicted octanol–water partition coefficient (Wildman–Crippen LogP) is -0.0443. The molecule has 9 heavy (non-hydrogen) atoms. The lowest BCUT2D eigenvalue weighted by atomic mass is 10.6. The second-order valence-electron chi connectivity index (χ2n) is 1.32. The fourth-order valence-electron chi connectivity index (χ4n) is 0.417. The van der Waals surface area contributed by atoms with Gasteiger partial charge < -0.3 is 5.32 Å². The molecule has 0 bridgehead atoms. The average molecular weight is 122 g/mol. The highest BCUT2D eigenvalue weighted by atomic mass is 16.1. The molecule has 1 aromatic heterocycles. The van der Waals surface area contributed by atoms with Crippen molar-refractivity contribution in [3.05, 3.63) is 18.6 Å². The van der Waals surface area contributed by atoms with Crippen molar-refractivity contribution >= 4 is 12.2 Å². The minimum Gasteiger partial charge on any atom is -0.302 e. The lowest BCUT2D eigenvalue weighted by Crippen LogP contribution is -1.95. The van der Waals surface area contributed by atoms with Crippen LogP contribution in [0.1, 0.15) is 0 Å². The summed E-state index contributed by atoms with van der Waals surface area (Å²) in [5, 5.41) is 2.25. The number of hydrogen-bond donors (Lipinski definition) is 1. The number of nitrogens with zero attached hydrogens (tertiary/aromatic N) is 2. The lowest BCUT2D eigenvalue weighted by Gasteiger charge is -1.90. The summed E-state index contributed by atoms with van der Waals surface area (Å²) >= 11 is 0. The van der Waals surface area contributed by atoms with Gasteiger partial charge in [0.2, 0.25) is 0 Å². The van der Waals surface area contributed by atoms with Gasteiger partial charge in [0.05, 0.1) is 0 Å². The van der Waals surface area contributed by atoms with Crippen LogP contribution in [0.4, 0.5) is 5.82 Å². The van der Waals surface area contributed by atoms with Crippen molar-refractivity contribution in [3.8, 4) is 0 Å². The van der Waals surface area contributed by atoms with Gasteiger partial charge in [-0.3, -0.25) is 4.79 Å². The molecule has 0 atom stereocenters.